The van der Waals surface area contributed by atoms with E-state index in [2.05, 4.69) is 31.1 Å². The largest absolute Gasteiger partial charge is 0.496 e. The molecule has 58 heavy (non-hydrogen) atoms. The molecule has 3 aliphatic carbocycles. The van der Waals surface area contributed by atoms with E-state index in [1.165, 1.54) is 19.1 Å². The normalized spacial score (nSPS) is 24.3. The van der Waals surface area contributed by atoms with Gasteiger partial charge in [0.1, 0.15) is 17.9 Å². The minimum absolute atomic E-state index is 0.0747. The van der Waals surface area contributed by atoms with Gasteiger partial charge in [0.15, 0.2) is 0 Å². The van der Waals surface area contributed by atoms with Crippen molar-refractivity contribution in [1.29, 1.82) is 0 Å². The predicted molar refractivity (Wildman–Crippen MR) is 215 cm³/mol. The standard InChI is InChI=1S/C44H54F3N5O6/c1-25-34-21-31(43(34,3)4)22-35(25)50-41(55)38-37(26(2)53)36(23-49-42(56)44(45,46)47)58-52(38)24-28-14-11-15-33(39(28)57-7)29-18-30(20-32(19-29)51(5)6)40(54)48-17-16-27-12-9-8-10-13-27/h8-15,18-20,26,31,34-38,53H,1,16-17,21-24H2,2-7H3,(H,48,54)(H,49,56)(H,50,55)/t26-,31+,34-,35-,36-,37+,38-/m0/s1. The zero-order chi connectivity index (χ0) is 42.1. The minimum atomic E-state index is -5.13. The predicted octanol–water partition coefficient (Wildman–Crippen LogP) is 5.67. The van der Waals surface area contributed by atoms with E-state index >= 15 is 0 Å². The third-order valence-corrected chi connectivity index (χ3v) is 12.3. The number of amides is 3. The van der Waals surface area contributed by atoms with Gasteiger partial charge in [0.05, 0.1) is 25.8 Å². The lowest BCUT2D eigenvalue weighted by Crippen LogP contribution is -2.59. The fraction of sp³-hybridized carbons (Fsp3) is 0.477. The number of fused-ring (bicyclic) bond motifs is 2. The monoisotopic (exact) mass is 805 g/mol. The number of alkyl halides is 3. The van der Waals surface area contributed by atoms with Gasteiger partial charge in [-0.15, -0.1) is 0 Å². The van der Waals surface area contributed by atoms with E-state index < -0.39 is 48.7 Å². The Hall–Kier alpha value is -4.92. The summed E-state index contributed by atoms with van der Waals surface area (Å²) in [7, 11) is 5.25. The van der Waals surface area contributed by atoms with E-state index in [4.69, 9.17) is 9.57 Å². The Balaban J connectivity index is 1.30. The summed E-state index contributed by atoms with van der Waals surface area (Å²) in [4.78, 5) is 47.8. The molecule has 0 aromatic heterocycles. The molecule has 14 heteroatoms. The number of nitrogens with one attached hydrogen (secondary N) is 3. The van der Waals surface area contributed by atoms with Crippen LogP contribution in [0.15, 0.2) is 78.9 Å². The first-order valence-electron chi connectivity index (χ1n) is 19.7. The Morgan fingerprint density at radius 1 is 1.05 bits per heavy atom. The zero-order valence-corrected chi connectivity index (χ0v) is 33.9. The average molecular weight is 806 g/mol. The van der Waals surface area contributed by atoms with E-state index in [1.807, 2.05) is 66.8 Å². The molecule has 0 radical (unpaired) electrons. The second-order valence-electron chi connectivity index (χ2n) is 16.5. The fourth-order valence-electron chi connectivity index (χ4n) is 8.89. The molecule has 3 saturated carbocycles. The minimum Gasteiger partial charge on any atom is -0.496 e. The van der Waals surface area contributed by atoms with E-state index in [-0.39, 0.29) is 29.8 Å². The smallest absolute Gasteiger partial charge is 0.471 e. The topological polar surface area (TPSA) is 132 Å². The second kappa shape index (κ2) is 17.1. The zero-order valence-electron chi connectivity index (χ0n) is 33.9. The van der Waals surface area contributed by atoms with E-state index in [9.17, 15) is 32.7 Å². The number of rotatable bonds is 14. The Morgan fingerprint density at radius 3 is 2.40 bits per heavy atom. The van der Waals surface area contributed by atoms with Crippen molar-refractivity contribution in [2.24, 2.45) is 23.2 Å². The SMILES string of the molecule is C=C1[C@@H](NC(=O)[C@@H]2[C@H]([C@H](C)O)[C@H](CNC(=O)C(F)(F)F)ON2Cc2cccc(-c3cc(C(=O)NCCc4ccccc4)cc(N(C)C)c3)c2OC)C[C@H]2C[C@@H]1C2(C)C. The molecule has 3 amide bonds. The molecule has 7 atom stereocenters. The van der Waals surface area contributed by atoms with Gasteiger partial charge in [-0.1, -0.05) is 74.5 Å². The summed E-state index contributed by atoms with van der Waals surface area (Å²) >= 11 is 0. The van der Waals surface area contributed by atoms with E-state index in [0.29, 0.717) is 53.3 Å². The summed E-state index contributed by atoms with van der Waals surface area (Å²) in [6, 6.07) is 19.3. The molecule has 1 heterocycles. The number of aliphatic hydroxyl groups is 1. The summed E-state index contributed by atoms with van der Waals surface area (Å²) in [5, 5.41) is 20.4. The van der Waals surface area contributed by atoms with Crippen molar-refractivity contribution in [2.75, 3.05) is 39.2 Å². The number of nitrogens with zero attached hydrogens (tertiary/aromatic N) is 2. The summed E-state index contributed by atoms with van der Waals surface area (Å²) in [5.41, 5.74) is 5.20. The molecule has 4 aliphatic rings. The number of methoxy groups -OCH3 is 1. The summed E-state index contributed by atoms with van der Waals surface area (Å²) in [5.74, 6) is -2.85. The van der Waals surface area contributed by atoms with Gasteiger partial charge >= 0.3 is 12.1 Å². The Morgan fingerprint density at radius 2 is 1.78 bits per heavy atom. The number of carbonyl (C=O) groups excluding carboxylic acids is 3. The van der Waals surface area contributed by atoms with Gasteiger partial charge in [0, 0.05) is 55.5 Å². The number of hydrogen-bond donors (Lipinski definition) is 4. The van der Waals surface area contributed by atoms with Gasteiger partial charge in [-0.25, -0.2) is 0 Å². The molecule has 1 aliphatic heterocycles. The number of halogens is 3. The van der Waals surface area contributed by atoms with Gasteiger partial charge in [-0.05, 0) is 72.8 Å². The molecule has 11 nitrogen and oxygen atoms in total. The molecule has 4 N–H and O–H groups in total. The van der Waals surface area contributed by atoms with E-state index in [0.717, 1.165) is 23.2 Å². The van der Waals surface area contributed by atoms with Crippen LogP contribution < -0.4 is 25.6 Å². The van der Waals surface area contributed by atoms with Crippen LogP contribution in [-0.2, 0) is 27.4 Å². The van der Waals surface area contributed by atoms with Crippen molar-refractivity contribution >= 4 is 23.4 Å². The average Bonchev–Trinajstić information content (AvgIpc) is 3.55. The van der Waals surface area contributed by atoms with Crippen LogP contribution in [0.2, 0.25) is 0 Å². The summed E-state index contributed by atoms with van der Waals surface area (Å²) < 4.78 is 45.7. The van der Waals surface area contributed by atoms with Crippen LogP contribution in [0.3, 0.4) is 0 Å². The van der Waals surface area contributed by atoms with Gasteiger partial charge < -0.3 is 30.7 Å². The number of aliphatic hydroxyl groups excluding tert-OH is 1. The van der Waals surface area contributed by atoms with Crippen molar-refractivity contribution in [3.63, 3.8) is 0 Å². The van der Waals surface area contributed by atoms with Crippen LogP contribution in [-0.4, -0.2) is 92.7 Å². The Labute approximate surface area is 337 Å². The number of hydrogen-bond acceptors (Lipinski definition) is 8. The third kappa shape index (κ3) is 8.88. The van der Waals surface area contributed by atoms with Crippen molar-refractivity contribution < 1.29 is 42.2 Å². The number of benzene rings is 3. The van der Waals surface area contributed by atoms with Gasteiger partial charge in [-0.3, -0.25) is 19.2 Å². The molecule has 3 aromatic rings. The van der Waals surface area contributed by atoms with Gasteiger partial charge in [0.25, 0.3) is 5.91 Å². The quantitative estimate of drug-likeness (QED) is 0.154. The van der Waals surface area contributed by atoms with Crippen molar-refractivity contribution in [3.8, 4) is 16.9 Å². The molecule has 2 bridgehead atoms. The molecular weight excluding hydrogens is 752 g/mol. The molecule has 3 aromatic carbocycles. The molecule has 4 fully saturated rings. The number of anilines is 1. The number of carbonyl (C=O) groups is 3. The first-order valence-corrected chi connectivity index (χ1v) is 19.7. The molecule has 7 rings (SSSR count). The Bertz CT molecular complexity index is 2000. The lowest BCUT2D eigenvalue weighted by Gasteiger charge is -2.60. The van der Waals surface area contributed by atoms with Crippen molar-refractivity contribution in [3.05, 3.63) is 95.6 Å². The highest BCUT2D eigenvalue weighted by Crippen LogP contribution is 2.60. The van der Waals surface area contributed by atoms with Crippen LogP contribution in [0.1, 0.15) is 55.1 Å². The van der Waals surface area contributed by atoms with E-state index in [1.54, 1.807) is 24.3 Å². The highest BCUT2D eigenvalue weighted by molar-refractivity contribution is 5.97. The maximum Gasteiger partial charge on any atom is 0.471 e. The van der Waals surface area contributed by atoms with Gasteiger partial charge in [0.2, 0.25) is 5.91 Å². The second-order valence-corrected chi connectivity index (χ2v) is 16.5. The third-order valence-electron chi connectivity index (χ3n) is 12.3. The molecule has 0 spiro atoms. The maximum absolute atomic E-state index is 14.4. The van der Waals surface area contributed by atoms with Crippen molar-refractivity contribution in [2.45, 2.75) is 77.0 Å². The first-order chi connectivity index (χ1) is 27.4. The van der Waals surface area contributed by atoms with Crippen LogP contribution in [0.4, 0.5) is 18.9 Å². The molecule has 312 valence electrons. The molecular formula is C44H54F3N5O6. The Kier molecular flexibility index (Phi) is 12.6. The highest BCUT2D eigenvalue weighted by atomic mass is 19.4. The molecule has 0 unspecified atom stereocenters. The first kappa shape index (κ1) is 42.7. The summed E-state index contributed by atoms with van der Waals surface area (Å²) in [6.45, 7) is 9.94. The van der Waals surface area contributed by atoms with Crippen LogP contribution in [0.25, 0.3) is 11.1 Å². The highest BCUT2D eigenvalue weighted by Gasteiger charge is 2.56. The van der Waals surface area contributed by atoms with Crippen LogP contribution >= 0.6 is 0 Å². The number of hydroxylamine groups is 2. The lowest BCUT2D eigenvalue weighted by molar-refractivity contribution is -0.182. The number of para-hydroxylation sites is 1. The van der Waals surface area contributed by atoms with Gasteiger partial charge in [-0.2, -0.15) is 18.2 Å². The van der Waals surface area contributed by atoms with Crippen LogP contribution in [0.5, 0.6) is 5.75 Å². The lowest BCUT2D eigenvalue weighted by atomic mass is 9.46. The fourth-order valence-corrected chi connectivity index (χ4v) is 8.89. The van der Waals surface area contributed by atoms with Crippen LogP contribution in [0, 0.1) is 23.2 Å². The van der Waals surface area contributed by atoms with Crippen molar-refractivity contribution in [1.82, 2.24) is 21.0 Å². The number of ether oxygens (including phenoxy) is 1. The summed E-state index contributed by atoms with van der Waals surface area (Å²) in [6.07, 6.45) is -5.16. The molecule has 1 saturated heterocycles. The maximum atomic E-state index is 14.4.